The topological polar surface area (TPSA) is 224 Å². The monoisotopic (exact) mass is 1070 g/mol. The molecule has 8 aromatic rings. The van der Waals surface area contributed by atoms with E-state index in [0.717, 1.165) is 15.1 Å². The molecule has 4 heterocycles. The van der Waals surface area contributed by atoms with Crippen LogP contribution in [0.25, 0.3) is 21.8 Å². The lowest BCUT2D eigenvalue weighted by atomic mass is 10.0. The van der Waals surface area contributed by atoms with Crippen LogP contribution in [0.2, 0.25) is 10.0 Å². The van der Waals surface area contributed by atoms with E-state index >= 15 is 0 Å². The van der Waals surface area contributed by atoms with Crippen molar-refractivity contribution >= 4 is 125 Å². The molecule has 5 N–H and O–H groups in total. The van der Waals surface area contributed by atoms with Crippen molar-refractivity contribution in [2.45, 2.75) is 46.7 Å². The molecular weight excluding hydrogens is 1030 g/mol. The third-order valence-corrected chi connectivity index (χ3v) is 14.3. The minimum Gasteiger partial charge on any atom is -0.480 e. The van der Waals surface area contributed by atoms with E-state index in [1.165, 1.54) is 27.2 Å². The largest absolute Gasteiger partial charge is 0.480 e. The quantitative estimate of drug-likeness (QED) is 0.0381. The molecule has 74 heavy (non-hydrogen) atoms. The normalized spacial score (nSPS) is 10.8. The van der Waals surface area contributed by atoms with Crippen molar-refractivity contribution in [3.63, 3.8) is 0 Å². The second-order valence-corrected chi connectivity index (χ2v) is 19.3. The third-order valence-electron chi connectivity index (χ3n) is 11.3. The summed E-state index contributed by atoms with van der Waals surface area (Å²) in [7, 11) is 0. The number of carboxylic acid groups (broad SMARTS) is 1. The van der Waals surface area contributed by atoms with Gasteiger partial charge in [0.25, 0.3) is 11.8 Å². The SMILES string of the molecule is CCOC(=O)Cn1c(C(=O)NCC(=O)Nc2sc(CC)cc2C(=O)c2ccccc2Cl)cc2ccccc21.CCc1cc(C(=O)c2ccccc2Cl)c(NC(=O)CNC(=O)c2cc3ccccc3n2CC(=O)O)s1. The van der Waals surface area contributed by atoms with Crippen LogP contribution in [0.4, 0.5) is 10.0 Å². The van der Waals surface area contributed by atoms with Crippen LogP contribution in [0.15, 0.2) is 121 Å². The molecule has 0 aliphatic heterocycles. The van der Waals surface area contributed by atoms with Gasteiger partial charge in [-0.15, -0.1) is 22.7 Å². The molecule has 0 saturated carbocycles. The van der Waals surface area contributed by atoms with Gasteiger partial charge in [-0.1, -0.05) is 97.7 Å². The molecule has 0 atom stereocenters. The Morgan fingerprint density at radius 2 is 0.946 bits per heavy atom. The lowest BCUT2D eigenvalue weighted by Gasteiger charge is -2.11. The number of thiophene rings is 2. The number of ketones is 2. The molecule has 8 rings (SSSR count). The molecular formula is C54H48Cl2N6O10S2. The number of carboxylic acids is 1. The highest BCUT2D eigenvalue weighted by Gasteiger charge is 2.25. The van der Waals surface area contributed by atoms with Crippen molar-refractivity contribution in [3.8, 4) is 0 Å². The van der Waals surface area contributed by atoms with Crippen molar-refractivity contribution in [3.05, 3.63) is 175 Å². The van der Waals surface area contributed by atoms with Gasteiger partial charge in [-0.25, -0.2) is 0 Å². The fourth-order valence-electron chi connectivity index (χ4n) is 7.79. The number of aliphatic carboxylic acids is 1. The predicted molar refractivity (Wildman–Crippen MR) is 287 cm³/mol. The Balaban J connectivity index is 0.000000217. The molecule has 0 fully saturated rings. The smallest absolute Gasteiger partial charge is 0.325 e. The van der Waals surface area contributed by atoms with E-state index in [0.29, 0.717) is 71.6 Å². The Kier molecular flexibility index (Phi) is 18.0. The summed E-state index contributed by atoms with van der Waals surface area (Å²) >= 11 is 15.0. The number of para-hydroxylation sites is 2. The first kappa shape index (κ1) is 53.9. The van der Waals surface area contributed by atoms with Gasteiger partial charge in [0.05, 0.1) is 40.9 Å². The fourth-order valence-corrected chi connectivity index (χ4v) is 10.3. The van der Waals surface area contributed by atoms with Crippen LogP contribution in [0.3, 0.4) is 0 Å². The molecule has 0 unspecified atom stereocenters. The zero-order chi connectivity index (χ0) is 53.1. The van der Waals surface area contributed by atoms with E-state index in [-0.39, 0.29) is 49.2 Å². The summed E-state index contributed by atoms with van der Waals surface area (Å²) in [5.41, 5.74) is 2.99. The maximum Gasteiger partial charge on any atom is 0.325 e. The van der Waals surface area contributed by atoms with Crippen LogP contribution in [-0.4, -0.2) is 81.1 Å². The van der Waals surface area contributed by atoms with E-state index in [4.69, 9.17) is 27.9 Å². The second kappa shape index (κ2) is 24.7. The fraction of sp³-hybridized carbons (Fsp3) is 0.185. The number of rotatable bonds is 19. The summed E-state index contributed by atoms with van der Waals surface area (Å²) in [6.45, 7) is 4.59. The highest BCUT2D eigenvalue weighted by molar-refractivity contribution is 7.17. The number of nitrogens with one attached hydrogen (secondary N) is 4. The first-order valence-electron chi connectivity index (χ1n) is 23.1. The number of hydrogen-bond acceptors (Lipinski definition) is 11. The Morgan fingerprint density at radius 3 is 1.35 bits per heavy atom. The minimum atomic E-state index is -1.09. The Bertz CT molecular complexity index is 3470. The summed E-state index contributed by atoms with van der Waals surface area (Å²) in [6, 6.07) is 34.5. The maximum absolute atomic E-state index is 13.2. The number of hydrogen-bond donors (Lipinski definition) is 5. The first-order chi connectivity index (χ1) is 35.6. The highest BCUT2D eigenvalue weighted by atomic mass is 35.5. The van der Waals surface area contributed by atoms with Crippen LogP contribution < -0.4 is 21.3 Å². The number of esters is 1. The zero-order valence-electron chi connectivity index (χ0n) is 40.1. The van der Waals surface area contributed by atoms with Gasteiger partial charge in [0.1, 0.15) is 34.5 Å². The third kappa shape index (κ3) is 12.8. The van der Waals surface area contributed by atoms with E-state index in [9.17, 15) is 43.5 Å². The summed E-state index contributed by atoms with van der Waals surface area (Å²) in [5, 5.41) is 22.8. The van der Waals surface area contributed by atoms with Crippen molar-refractivity contribution in [1.82, 2.24) is 19.8 Å². The number of aromatic nitrogens is 2. The number of ether oxygens (including phenoxy) is 1. The standard InChI is InChI=1S/C28H26ClN3O5S.C26H22ClN3O5S/c1-3-18-14-20(26(35)19-10-6-7-11-21(19)29)28(38-18)31-24(33)15-30-27(36)23-13-17-9-5-8-12-22(17)32(23)16-25(34)37-4-2;1-2-16-12-18(24(34)17-8-4-5-9-19(17)27)26(36-16)29-22(31)13-28-25(35)21-11-15-7-3-6-10-20(15)30(21)14-23(32)33/h5-14H,3-4,15-16H2,1-2H3,(H,30,36)(H,31,33);3-12H,2,13-14H2,1H3,(H,28,35)(H,29,31)(H,32,33). The Morgan fingerprint density at radius 1 is 0.541 bits per heavy atom. The van der Waals surface area contributed by atoms with Gasteiger partial charge in [0.15, 0.2) is 11.6 Å². The number of anilines is 2. The van der Waals surface area contributed by atoms with E-state index < -0.39 is 42.1 Å². The van der Waals surface area contributed by atoms with Crippen molar-refractivity contribution < 1.29 is 48.2 Å². The predicted octanol–water partition coefficient (Wildman–Crippen LogP) is 9.68. The molecule has 16 nitrogen and oxygen atoms in total. The molecule has 4 aromatic carbocycles. The van der Waals surface area contributed by atoms with Crippen molar-refractivity contribution in [1.29, 1.82) is 0 Å². The molecule has 0 bridgehead atoms. The Labute approximate surface area is 442 Å². The van der Waals surface area contributed by atoms with Crippen LogP contribution in [0, 0.1) is 0 Å². The number of amides is 4. The van der Waals surface area contributed by atoms with Gasteiger partial charge >= 0.3 is 11.9 Å². The summed E-state index contributed by atoms with van der Waals surface area (Å²) in [5.74, 6) is -4.30. The summed E-state index contributed by atoms with van der Waals surface area (Å²) in [6.07, 6.45) is 1.36. The maximum atomic E-state index is 13.2. The van der Waals surface area contributed by atoms with Gasteiger partial charge in [0, 0.05) is 42.7 Å². The number of halogens is 2. The molecule has 4 aromatic heterocycles. The molecule has 20 heteroatoms. The van der Waals surface area contributed by atoms with Gasteiger partial charge in [0.2, 0.25) is 11.8 Å². The number of carbonyl (C=O) groups excluding carboxylic acids is 7. The number of carbonyl (C=O) groups is 8. The van der Waals surface area contributed by atoms with Gasteiger partial charge < -0.3 is 40.2 Å². The number of fused-ring (bicyclic) bond motifs is 2. The van der Waals surface area contributed by atoms with Crippen LogP contribution >= 0.6 is 45.9 Å². The molecule has 0 aliphatic carbocycles. The number of nitrogens with zero attached hydrogens (tertiary/aromatic N) is 2. The van der Waals surface area contributed by atoms with Gasteiger partial charge in [-0.3, -0.25) is 38.4 Å². The molecule has 0 radical (unpaired) electrons. The van der Waals surface area contributed by atoms with Crippen molar-refractivity contribution in [2.24, 2.45) is 0 Å². The lowest BCUT2D eigenvalue weighted by Crippen LogP contribution is -2.34. The van der Waals surface area contributed by atoms with Crippen LogP contribution in [0.5, 0.6) is 0 Å². The van der Waals surface area contributed by atoms with Crippen LogP contribution in [-0.2, 0) is 49.8 Å². The van der Waals surface area contributed by atoms with E-state index in [1.807, 2.05) is 32.0 Å². The first-order valence-corrected chi connectivity index (χ1v) is 25.5. The molecule has 0 spiro atoms. The Hall–Kier alpha value is -7.90. The van der Waals surface area contributed by atoms with Crippen molar-refractivity contribution in [2.75, 3.05) is 30.3 Å². The average molecular weight is 1080 g/mol. The molecule has 0 aliphatic rings. The van der Waals surface area contributed by atoms with Crippen LogP contribution in [0.1, 0.15) is 83.3 Å². The minimum absolute atomic E-state index is 0.130. The summed E-state index contributed by atoms with van der Waals surface area (Å²) in [4.78, 5) is 103. The van der Waals surface area contributed by atoms with Gasteiger partial charge in [-0.2, -0.15) is 0 Å². The number of benzene rings is 4. The molecule has 4 amide bonds. The van der Waals surface area contributed by atoms with Gasteiger partial charge in [-0.05, 0) is 80.4 Å². The number of aryl methyl sites for hydroxylation is 2. The van der Waals surface area contributed by atoms with E-state index in [2.05, 4.69) is 21.3 Å². The lowest BCUT2D eigenvalue weighted by molar-refractivity contribution is -0.143. The second-order valence-electron chi connectivity index (χ2n) is 16.2. The highest BCUT2D eigenvalue weighted by Crippen LogP contribution is 2.34. The molecule has 0 saturated heterocycles. The zero-order valence-corrected chi connectivity index (χ0v) is 43.2. The molecule has 380 valence electrons. The summed E-state index contributed by atoms with van der Waals surface area (Å²) < 4.78 is 8.00. The average Bonchev–Trinajstić information content (AvgIpc) is 4.18. The van der Waals surface area contributed by atoms with E-state index in [1.54, 1.807) is 115 Å².